The van der Waals surface area contributed by atoms with Crippen molar-refractivity contribution in [2.45, 2.75) is 44.3 Å². The second kappa shape index (κ2) is 5.60. The Bertz CT molecular complexity index is 332. The summed E-state index contributed by atoms with van der Waals surface area (Å²) in [4.78, 5) is 12.1. The minimum absolute atomic E-state index is 0.173. The second-order valence-electron chi connectivity index (χ2n) is 4.66. The zero-order valence-corrected chi connectivity index (χ0v) is 10.5. The Hall–Kier alpha value is -0.920. The van der Waals surface area contributed by atoms with Crippen LogP contribution in [0, 0.1) is 5.92 Å². The molecule has 1 aliphatic carbocycles. The average molecular weight is 288 g/mol. The number of hydrogen-bond donors (Lipinski definition) is 1. The third-order valence-electron chi connectivity index (χ3n) is 3.55. The molecule has 2 unspecified atom stereocenters. The molecule has 0 aromatic rings. The summed E-state index contributed by atoms with van der Waals surface area (Å²) in [6.45, 7) is 1.37. The zero-order chi connectivity index (χ0) is 14.8. The molecular weight excluding hydrogens is 271 g/mol. The number of nitrogens with two attached hydrogens (primary N) is 1. The number of carbonyl (C=O) groups excluding carboxylic acids is 1. The molecule has 0 radical (unpaired) electrons. The van der Waals surface area contributed by atoms with Crippen LogP contribution < -0.4 is 5.73 Å². The van der Waals surface area contributed by atoms with Crippen molar-refractivity contribution in [3.8, 4) is 0 Å². The van der Waals surface area contributed by atoms with Gasteiger partial charge in [0.15, 0.2) is 0 Å². The van der Waals surface area contributed by atoms with Gasteiger partial charge in [-0.15, -0.1) is 0 Å². The third-order valence-corrected chi connectivity index (χ3v) is 3.55. The summed E-state index contributed by atoms with van der Waals surface area (Å²) in [6.07, 6.45) is -4.14. The van der Waals surface area contributed by atoms with Crippen molar-refractivity contribution < 1.29 is 26.7 Å². The van der Waals surface area contributed by atoms with Crippen LogP contribution in [0.1, 0.15) is 26.2 Å². The van der Waals surface area contributed by atoms with Crippen LogP contribution in [0.3, 0.4) is 0 Å². The van der Waals surface area contributed by atoms with Crippen molar-refractivity contribution in [2.75, 3.05) is 13.1 Å². The fraction of sp³-hybridized carbons (Fsp3) is 0.909. The first-order chi connectivity index (χ1) is 8.66. The topological polar surface area (TPSA) is 46.3 Å². The van der Waals surface area contributed by atoms with Gasteiger partial charge >= 0.3 is 18.0 Å². The predicted octanol–water partition coefficient (Wildman–Crippen LogP) is 2.16. The van der Waals surface area contributed by atoms with E-state index in [9.17, 15) is 26.7 Å². The van der Waals surface area contributed by atoms with E-state index in [0.29, 0.717) is 24.2 Å². The standard InChI is InChI=1S/C11H17F5N2O/c1-2-18(8-5-3-4-7(8)6-17)9(19)10(12,13)11(14,15)16/h7-8H,2-6,17H2,1H3. The molecule has 0 aromatic carbocycles. The van der Waals surface area contributed by atoms with E-state index in [0.717, 1.165) is 0 Å². The lowest BCUT2D eigenvalue weighted by molar-refractivity contribution is -0.275. The van der Waals surface area contributed by atoms with Gasteiger partial charge in [0, 0.05) is 12.6 Å². The normalized spacial score (nSPS) is 24.6. The smallest absolute Gasteiger partial charge is 0.334 e. The predicted molar refractivity (Wildman–Crippen MR) is 58.6 cm³/mol. The lowest BCUT2D eigenvalue weighted by atomic mass is 10.0. The highest BCUT2D eigenvalue weighted by Crippen LogP contribution is 2.39. The van der Waals surface area contributed by atoms with Crippen LogP contribution in [0.4, 0.5) is 22.0 Å². The monoisotopic (exact) mass is 288 g/mol. The van der Waals surface area contributed by atoms with Crippen molar-refractivity contribution in [3.63, 3.8) is 0 Å². The van der Waals surface area contributed by atoms with Crippen LogP contribution in [0.2, 0.25) is 0 Å². The van der Waals surface area contributed by atoms with E-state index in [-0.39, 0.29) is 19.0 Å². The van der Waals surface area contributed by atoms with E-state index in [1.165, 1.54) is 6.92 Å². The first-order valence-electron chi connectivity index (χ1n) is 6.12. The maximum Gasteiger partial charge on any atom is 0.463 e. The minimum Gasteiger partial charge on any atom is -0.334 e. The lowest BCUT2D eigenvalue weighted by Gasteiger charge is -2.34. The SMILES string of the molecule is CCN(C(=O)C(F)(F)C(F)(F)F)C1CCCC1CN. The molecule has 0 saturated heterocycles. The summed E-state index contributed by atoms with van der Waals surface area (Å²) in [5.74, 6) is -7.73. The molecule has 0 spiro atoms. The summed E-state index contributed by atoms with van der Waals surface area (Å²) in [6, 6.07) is -0.629. The molecule has 1 amide bonds. The molecule has 2 atom stereocenters. The molecule has 1 rings (SSSR count). The molecule has 0 aromatic heterocycles. The lowest BCUT2D eigenvalue weighted by Crippen LogP contribution is -2.56. The summed E-state index contributed by atoms with van der Waals surface area (Å²) in [7, 11) is 0. The zero-order valence-electron chi connectivity index (χ0n) is 10.5. The highest BCUT2D eigenvalue weighted by atomic mass is 19.4. The molecule has 1 fully saturated rings. The maximum atomic E-state index is 13.1. The van der Waals surface area contributed by atoms with Gasteiger partial charge in [-0.05, 0) is 32.2 Å². The van der Waals surface area contributed by atoms with Crippen LogP contribution in [-0.2, 0) is 4.79 Å². The summed E-state index contributed by atoms with van der Waals surface area (Å²) < 4.78 is 62.9. The van der Waals surface area contributed by atoms with Gasteiger partial charge in [0.1, 0.15) is 0 Å². The second-order valence-corrected chi connectivity index (χ2v) is 4.66. The molecule has 2 N–H and O–H groups in total. The maximum absolute atomic E-state index is 13.1. The number of nitrogens with zero attached hydrogens (tertiary/aromatic N) is 1. The molecule has 8 heteroatoms. The van der Waals surface area contributed by atoms with Crippen LogP contribution in [0.15, 0.2) is 0 Å². The molecule has 0 aliphatic heterocycles. The van der Waals surface area contributed by atoms with Crippen molar-refractivity contribution in [1.29, 1.82) is 0 Å². The molecule has 19 heavy (non-hydrogen) atoms. The highest BCUT2D eigenvalue weighted by Gasteiger charge is 2.65. The summed E-state index contributed by atoms with van der Waals surface area (Å²) in [5, 5.41) is 0. The highest BCUT2D eigenvalue weighted by molar-refractivity contribution is 5.84. The van der Waals surface area contributed by atoms with E-state index in [2.05, 4.69) is 0 Å². The Morgan fingerprint density at radius 1 is 1.26 bits per heavy atom. The molecule has 1 aliphatic rings. The quantitative estimate of drug-likeness (QED) is 0.806. The Labute approximate surface area is 107 Å². The largest absolute Gasteiger partial charge is 0.463 e. The molecule has 3 nitrogen and oxygen atoms in total. The van der Waals surface area contributed by atoms with Crippen LogP contribution >= 0.6 is 0 Å². The molecule has 112 valence electrons. The average Bonchev–Trinajstić information content (AvgIpc) is 2.76. The number of alkyl halides is 5. The number of hydrogen-bond acceptors (Lipinski definition) is 2. The summed E-state index contributed by atoms with van der Waals surface area (Å²) in [5.41, 5.74) is 5.46. The van der Waals surface area contributed by atoms with Crippen LogP contribution in [0.5, 0.6) is 0 Å². The first kappa shape index (κ1) is 16.1. The number of rotatable bonds is 4. The Morgan fingerprint density at radius 2 is 1.84 bits per heavy atom. The van der Waals surface area contributed by atoms with Crippen molar-refractivity contribution >= 4 is 5.91 Å². The van der Waals surface area contributed by atoms with Gasteiger partial charge in [0.25, 0.3) is 0 Å². The Morgan fingerprint density at radius 3 is 2.26 bits per heavy atom. The van der Waals surface area contributed by atoms with Gasteiger partial charge in [-0.2, -0.15) is 22.0 Å². The third kappa shape index (κ3) is 2.98. The molecular formula is C11H17F5N2O. The Kier molecular flexibility index (Phi) is 4.76. The van der Waals surface area contributed by atoms with E-state index >= 15 is 0 Å². The number of carbonyl (C=O) groups is 1. The first-order valence-corrected chi connectivity index (χ1v) is 6.12. The van der Waals surface area contributed by atoms with E-state index < -0.39 is 24.0 Å². The fourth-order valence-corrected chi connectivity index (χ4v) is 2.53. The van der Waals surface area contributed by atoms with Gasteiger partial charge < -0.3 is 10.6 Å². The molecule has 1 saturated carbocycles. The van der Waals surface area contributed by atoms with Crippen molar-refractivity contribution in [1.82, 2.24) is 4.90 Å². The van der Waals surface area contributed by atoms with E-state index in [1.54, 1.807) is 0 Å². The van der Waals surface area contributed by atoms with Crippen LogP contribution in [-0.4, -0.2) is 42.0 Å². The number of halogens is 5. The van der Waals surface area contributed by atoms with Gasteiger partial charge in [-0.1, -0.05) is 6.42 Å². The molecule has 0 heterocycles. The van der Waals surface area contributed by atoms with E-state index in [1.807, 2.05) is 0 Å². The van der Waals surface area contributed by atoms with Crippen molar-refractivity contribution in [3.05, 3.63) is 0 Å². The molecule has 0 bridgehead atoms. The van der Waals surface area contributed by atoms with Gasteiger partial charge in [-0.25, -0.2) is 0 Å². The van der Waals surface area contributed by atoms with Crippen molar-refractivity contribution in [2.24, 2.45) is 11.7 Å². The van der Waals surface area contributed by atoms with Gasteiger partial charge in [0.05, 0.1) is 0 Å². The minimum atomic E-state index is -5.87. The fourth-order valence-electron chi connectivity index (χ4n) is 2.53. The van der Waals surface area contributed by atoms with Gasteiger partial charge in [-0.3, -0.25) is 4.79 Å². The summed E-state index contributed by atoms with van der Waals surface area (Å²) >= 11 is 0. The van der Waals surface area contributed by atoms with Gasteiger partial charge in [0.2, 0.25) is 0 Å². The Balaban J connectivity index is 2.94. The number of amides is 1. The van der Waals surface area contributed by atoms with Crippen LogP contribution in [0.25, 0.3) is 0 Å². The van der Waals surface area contributed by atoms with E-state index in [4.69, 9.17) is 5.73 Å².